The lowest BCUT2D eigenvalue weighted by Gasteiger charge is -2.39. The minimum absolute atomic E-state index is 0.291. The summed E-state index contributed by atoms with van der Waals surface area (Å²) in [4.78, 5) is 0. The maximum absolute atomic E-state index is 6.06. The van der Waals surface area contributed by atoms with Gasteiger partial charge in [0.15, 0.2) is 0 Å². The Morgan fingerprint density at radius 3 is 2.36 bits per heavy atom. The van der Waals surface area contributed by atoms with Crippen LogP contribution in [0.5, 0.6) is 0 Å². The Bertz CT molecular complexity index is 138. The van der Waals surface area contributed by atoms with Gasteiger partial charge in [-0.05, 0) is 37.6 Å². The van der Waals surface area contributed by atoms with Crippen LogP contribution in [-0.4, -0.2) is 12.7 Å². The molecule has 1 saturated heterocycles. The summed E-state index contributed by atoms with van der Waals surface area (Å²) in [5, 5.41) is 3.39. The van der Waals surface area contributed by atoms with E-state index < -0.39 is 0 Å². The Hall–Kier alpha value is -0.0800. The molecule has 1 atom stereocenters. The van der Waals surface area contributed by atoms with Crippen LogP contribution in [-0.2, 0) is 0 Å². The van der Waals surface area contributed by atoms with E-state index in [0.717, 1.165) is 6.54 Å². The lowest BCUT2D eigenvalue weighted by Crippen LogP contribution is -2.54. The fourth-order valence-electron chi connectivity index (χ4n) is 2.71. The number of piperidine rings is 1. The highest BCUT2D eigenvalue weighted by molar-refractivity contribution is 4.94. The third-order valence-corrected chi connectivity index (χ3v) is 3.47. The van der Waals surface area contributed by atoms with Crippen LogP contribution >= 0.6 is 0 Å². The SMILES string of the molecule is NC1NCCCC12CCCC2. The first kappa shape index (κ1) is 7.56. The predicted molar refractivity (Wildman–Crippen MR) is 46.1 cm³/mol. The minimum atomic E-state index is 0.291. The Kier molecular flexibility index (Phi) is 1.90. The average molecular weight is 154 g/mol. The number of hydrogen-bond acceptors (Lipinski definition) is 2. The lowest BCUT2D eigenvalue weighted by atomic mass is 9.76. The zero-order valence-corrected chi connectivity index (χ0v) is 7.10. The fourth-order valence-corrected chi connectivity index (χ4v) is 2.71. The van der Waals surface area contributed by atoms with Crippen molar-refractivity contribution in [2.45, 2.75) is 44.7 Å². The van der Waals surface area contributed by atoms with Gasteiger partial charge in [0, 0.05) is 0 Å². The molecular weight excluding hydrogens is 136 g/mol. The predicted octanol–water partition coefficient (Wildman–Crippen LogP) is 1.21. The second-order valence-electron chi connectivity index (χ2n) is 4.10. The highest BCUT2D eigenvalue weighted by Crippen LogP contribution is 2.44. The molecule has 1 spiro atoms. The van der Waals surface area contributed by atoms with Crippen molar-refractivity contribution in [3.05, 3.63) is 0 Å². The van der Waals surface area contributed by atoms with E-state index in [1.54, 1.807) is 0 Å². The summed E-state index contributed by atoms with van der Waals surface area (Å²) in [6.45, 7) is 1.13. The average Bonchev–Trinajstić information content (AvgIpc) is 2.46. The van der Waals surface area contributed by atoms with Crippen LogP contribution in [0.3, 0.4) is 0 Å². The molecule has 64 valence electrons. The molecule has 0 aromatic rings. The topological polar surface area (TPSA) is 38.0 Å². The van der Waals surface area contributed by atoms with Crippen molar-refractivity contribution in [2.24, 2.45) is 11.1 Å². The molecule has 0 bridgehead atoms. The highest BCUT2D eigenvalue weighted by Gasteiger charge is 2.40. The molecule has 1 aliphatic carbocycles. The minimum Gasteiger partial charge on any atom is -0.315 e. The summed E-state index contributed by atoms with van der Waals surface area (Å²) >= 11 is 0. The van der Waals surface area contributed by atoms with E-state index in [1.165, 1.54) is 38.5 Å². The molecule has 3 N–H and O–H groups in total. The monoisotopic (exact) mass is 154 g/mol. The van der Waals surface area contributed by atoms with E-state index in [1.807, 2.05) is 0 Å². The van der Waals surface area contributed by atoms with Crippen molar-refractivity contribution in [3.8, 4) is 0 Å². The van der Waals surface area contributed by atoms with Crippen molar-refractivity contribution in [1.82, 2.24) is 5.32 Å². The molecule has 2 aliphatic rings. The third kappa shape index (κ3) is 1.18. The highest BCUT2D eigenvalue weighted by atomic mass is 15.1. The molecule has 1 aliphatic heterocycles. The number of nitrogens with one attached hydrogen (secondary N) is 1. The second kappa shape index (κ2) is 2.76. The largest absolute Gasteiger partial charge is 0.315 e. The summed E-state index contributed by atoms with van der Waals surface area (Å²) in [6, 6.07) is 0. The summed E-state index contributed by atoms with van der Waals surface area (Å²) in [5.41, 5.74) is 6.56. The molecule has 0 radical (unpaired) electrons. The molecule has 2 rings (SSSR count). The maximum atomic E-state index is 6.06. The van der Waals surface area contributed by atoms with Crippen LogP contribution in [0.1, 0.15) is 38.5 Å². The molecule has 1 saturated carbocycles. The lowest BCUT2D eigenvalue weighted by molar-refractivity contribution is 0.144. The normalized spacial score (nSPS) is 36.3. The van der Waals surface area contributed by atoms with Crippen LogP contribution in [0, 0.1) is 5.41 Å². The summed E-state index contributed by atoms with van der Waals surface area (Å²) < 4.78 is 0. The molecule has 0 amide bonds. The Labute approximate surface area is 68.5 Å². The molecule has 1 heterocycles. The van der Waals surface area contributed by atoms with Crippen molar-refractivity contribution in [2.75, 3.05) is 6.54 Å². The van der Waals surface area contributed by atoms with Crippen LogP contribution in [0.2, 0.25) is 0 Å². The first-order valence-electron chi connectivity index (χ1n) is 4.82. The summed E-state index contributed by atoms with van der Waals surface area (Å²) in [5.74, 6) is 0. The van der Waals surface area contributed by atoms with Gasteiger partial charge in [-0.25, -0.2) is 0 Å². The van der Waals surface area contributed by atoms with E-state index in [9.17, 15) is 0 Å². The summed E-state index contributed by atoms with van der Waals surface area (Å²) in [7, 11) is 0. The number of nitrogens with two attached hydrogens (primary N) is 1. The van der Waals surface area contributed by atoms with E-state index in [0.29, 0.717) is 11.6 Å². The molecule has 0 aromatic carbocycles. The first-order valence-corrected chi connectivity index (χ1v) is 4.82. The number of rotatable bonds is 0. The van der Waals surface area contributed by atoms with Gasteiger partial charge in [0.2, 0.25) is 0 Å². The molecule has 1 unspecified atom stereocenters. The summed E-state index contributed by atoms with van der Waals surface area (Å²) in [6.07, 6.45) is 8.50. The second-order valence-corrected chi connectivity index (χ2v) is 4.10. The van der Waals surface area contributed by atoms with Gasteiger partial charge in [-0.1, -0.05) is 12.8 Å². The van der Waals surface area contributed by atoms with Gasteiger partial charge < -0.3 is 11.1 Å². The molecule has 11 heavy (non-hydrogen) atoms. The zero-order chi connectivity index (χ0) is 7.73. The Balaban J connectivity index is 2.07. The van der Waals surface area contributed by atoms with Crippen LogP contribution in [0.25, 0.3) is 0 Å². The van der Waals surface area contributed by atoms with E-state index in [-0.39, 0.29) is 0 Å². The first-order chi connectivity index (χ1) is 5.33. The van der Waals surface area contributed by atoms with Crippen molar-refractivity contribution in [3.63, 3.8) is 0 Å². The van der Waals surface area contributed by atoms with E-state index in [2.05, 4.69) is 5.32 Å². The molecule has 2 nitrogen and oxygen atoms in total. The van der Waals surface area contributed by atoms with E-state index >= 15 is 0 Å². The molecule has 2 fully saturated rings. The quantitative estimate of drug-likeness (QED) is 0.550. The Morgan fingerprint density at radius 2 is 1.73 bits per heavy atom. The van der Waals surface area contributed by atoms with Gasteiger partial charge in [-0.2, -0.15) is 0 Å². The molecular formula is C9H18N2. The van der Waals surface area contributed by atoms with Gasteiger partial charge in [-0.15, -0.1) is 0 Å². The molecule has 2 heteroatoms. The van der Waals surface area contributed by atoms with Gasteiger partial charge in [0.05, 0.1) is 6.17 Å². The molecule has 0 aromatic heterocycles. The number of hydrogen-bond donors (Lipinski definition) is 2. The third-order valence-electron chi connectivity index (χ3n) is 3.47. The van der Waals surface area contributed by atoms with Gasteiger partial charge in [0.1, 0.15) is 0 Å². The van der Waals surface area contributed by atoms with Crippen LogP contribution < -0.4 is 11.1 Å². The van der Waals surface area contributed by atoms with E-state index in [4.69, 9.17) is 5.73 Å². The van der Waals surface area contributed by atoms with Crippen molar-refractivity contribution in [1.29, 1.82) is 0 Å². The Morgan fingerprint density at radius 1 is 1.09 bits per heavy atom. The fraction of sp³-hybridized carbons (Fsp3) is 1.00. The maximum Gasteiger partial charge on any atom is 0.0604 e. The smallest absolute Gasteiger partial charge is 0.0604 e. The van der Waals surface area contributed by atoms with Crippen molar-refractivity contribution >= 4 is 0 Å². The van der Waals surface area contributed by atoms with Crippen LogP contribution in [0.4, 0.5) is 0 Å². The van der Waals surface area contributed by atoms with Gasteiger partial charge >= 0.3 is 0 Å². The standard InChI is InChI=1S/C9H18N2/c10-8-9(4-1-2-5-9)6-3-7-11-8/h8,11H,1-7,10H2. The van der Waals surface area contributed by atoms with Gasteiger partial charge in [0.25, 0.3) is 0 Å². The van der Waals surface area contributed by atoms with Crippen LogP contribution in [0.15, 0.2) is 0 Å². The van der Waals surface area contributed by atoms with Gasteiger partial charge in [-0.3, -0.25) is 0 Å². The van der Waals surface area contributed by atoms with Crippen molar-refractivity contribution < 1.29 is 0 Å². The zero-order valence-electron chi connectivity index (χ0n) is 7.10.